The van der Waals surface area contributed by atoms with Crippen LogP contribution in [0.2, 0.25) is 0 Å². The number of allylic oxidation sites excluding steroid dienone is 1. The molecule has 25 heavy (non-hydrogen) atoms. The summed E-state index contributed by atoms with van der Waals surface area (Å²) in [5.74, 6) is 1.74. The summed E-state index contributed by atoms with van der Waals surface area (Å²) in [5.41, 5.74) is 3.61. The van der Waals surface area contributed by atoms with Gasteiger partial charge in [-0.3, -0.25) is 4.79 Å². The topological polar surface area (TPSA) is 38.8 Å². The second-order valence-electron chi connectivity index (χ2n) is 5.95. The number of carbonyl (C=O) groups is 1. The highest BCUT2D eigenvalue weighted by atomic mass is 32.2. The number of hydrogen-bond acceptors (Lipinski definition) is 5. The van der Waals surface area contributed by atoms with Crippen molar-refractivity contribution in [3.05, 3.63) is 64.2 Å². The number of hydrogen-bond donors (Lipinski definition) is 0. The Labute approximate surface area is 151 Å². The predicted molar refractivity (Wildman–Crippen MR) is 101 cm³/mol. The highest BCUT2D eigenvalue weighted by molar-refractivity contribution is 8.02. The minimum atomic E-state index is 0.0783. The van der Waals surface area contributed by atoms with Crippen molar-refractivity contribution < 1.29 is 14.3 Å². The van der Waals surface area contributed by atoms with E-state index in [-0.39, 0.29) is 5.78 Å². The molecule has 0 unspecified atom stereocenters. The zero-order valence-corrected chi connectivity index (χ0v) is 15.1. The van der Waals surface area contributed by atoms with Gasteiger partial charge in [0, 0.05) is 23.1 Å². The molecule has 0 N–H and O–H groups in total. The summed E-state index contributed by atoms with van der Waals surface area (Å²) in [4.78, 5) is 15.4. The number of rotatable bonds is 4. The Morgan fingerprint density at radius 1 is 1.20 bits per heavy atom. The first-order chi connectivity index (χ1) is 12.2. The van der Waals surface area contributed by atoms with Crippen LogP contribution in [0.15, 0.2) is 53.1 Å². The Kier molecular flexibility index (Phi) is 4.17. The highest BCUT2D eigenvalue weighted by Gasteiger charge is 2.35. The lowest BCUT2D eigenvalue weighted by atomic mass is 9.92. The molecule has 0 saturated heterocycles. The molecule has 4 rings (SSSR count). The first-order valence-corrected chi connectivity index (χ1v) is 9.44. The summed E-state index contributed by atoms with van der Waals surface area (Å²) in [6, 6.07) is 13.3. The van der Waals surface area contributed by atoms with Crippen molar-refractivity contribution in [1.82, 2.24) is 0 Å². The van der Waals surface area contributed by atoms with Crippen LogP contribution >= 0.6 is 11.8 Å². The van der Waals surface area contributed by atoms with Crippen molar-refractivity contribution in [2.75, 3.05) is 31.4 Å². The quantitative estimate of drug-likeness (QED) is 0.779. The van der Waals surface area contributed by atoms with Crippen LogP contribution in [-0.4, -0.2) is 32.3 Å². The fourth-order valence-electron chi connectivity index (χ4n) is 3.52. The van der Waals surface area contributed by atoms with Crippen LogP contribution in [0.1, 0.15) is 15.9 Å². The minimum Gasteiger partial charge on any atom is -0.496 e. The molecule has 2 aromatic carbocycles. The van der Waals surface area contributed by atoms with Gasteiger partial charge in [0.15, 0.2) is 5.78 Å². The summed E-state index contributed by atoms with van der Waals surface area (Å²) >= 11 is 1.62. The summed E-state index contributed by atoms with van der Waals surface area (Å²) in [6.07, 6.45) is 2.57. The van der Waals surface area contributed by atoms with Crippen LogP contribution in [0.3, 0.4) is 0 Å². The van der Waals surface area contributed by atoms with Gasteiger partial charge in [0.25, 0.3) is 0 Å². The van der Waals surface area contributed by atoms with Gasteiger partial charge in [-0.05, 0) is 18.4 Å². The van der Waals surface area contributed by atoms with Crippen LogP contribution < -0.4 is 14.4 Å². The molecule has 0 spiro atoms. The van der Waals surface area contributed by atoms with Gasteiger partial charge in [-0.1, -0.05) is 30.3 Å². The van der Waals surface area contributed by atoms with Crippen LogP contribution in [0.25, 0.3) is 0 Å². The average Bonchev–Trinajstić information content (AvgIpc) is 2.68. The van der Waals surface area contributed by atoms with Gasteiger partial charge in [-0.25, -0.2) is 0 Å². The summed E-state index contributed by atoms with van der Waals surface area (Å²) in [6.45, 7) is 1.34. The highest BCUT2D eigenvalue weighted by Crippen LogP contribution is 2.48. The number of ether oxygens (including phenoxy) is 2. The van der Waals surface area contributed by atoms with Crippen molar-refractivity contribution in [1.29, 1.82) is 0 Å². The maximum Gasteiger partial charge on any atom is 0.191 e. The number of carbonyl (C=O) groups excluding carboxylic acids is 1. The predicted octanol–water partition coefficient (Wildman–Crippen LogP) is 3.91. The third-order valence-corrected chi connectivity index (χ3v) is 5.48. The Bertz CT molecular complexity index is 861. The van der Waals surface area contributed by atoms with E-state index in [0.29, 0.717) is 13.0 Å². The Morgan fingerprint density at radius 3 is 2.72 bits per heavy atom. The lowest BCUT2D eigenvalue weighted by Gasteiger charge is -2.38. The van der Waals surface area contributed by atoms with Crippen molar-refractivity contribution in [2.45, 2.75) is 6.42 Å². The third-order valence-electron chi connectivity index (χ3n) is 4.63. The largest absolute Gasteiger partial charge is 0.496 e. The molecular formula is C20H19NO3S. The van der Waals surface area contributed by atoms with E-state index >= 15 is 0 Å². The number of methoxy groups -OCH3 is 1. The number of thioether (sulfide) groups is 1. The summed E-state index contributed by atoms with van der Waals surface area (Å²) < 4.78 is 11.4. The van der Waals surface area contributed by atoms with Crippen LogP contribution in [-0.2, 0) is 6.42 Å². The number of benzene rings is 2. The van der Waals surface area contributed by atoms with E-state index in [2.05, 4.69) is 4.90 Å². The molecule has 0 radical (unpaired) electrons. The van der Waals surface area contributed by atoms with Crippen molar-refractivity contribution in [3.63, 3.8) is 0 Å². The maximum absolute atomic E-state index is 13.2. The number of Topliss-reactive ketones (excluding diaryl/α,β-unsaturated/α-hetero) is 1. The second kappa shape index (κ2) is 6.48. The molecule has 2 aliphatic heterocycles. The van der Waals surface area contributed by atoms with Gasteiger partial charge in [-0.2, -0.15) is 0 Å². The third kappa shape index (κ3) is 2.59. The molecule has 0 saturated carbocycles. The van der Waals surface area contributed by atoms with Gasteiger partial charge >= 0.3 is 0 Å². The van der Waals surface area contributed by atoms with Gasteiger partial charge in [-0.15, -0.1) is 11.8 Å². The lowest BCUT2D eigenvalue weighted by Crippen LogP contribution is -2.36. The molecule has 128 valence electrons. The fourth-order valence-corrected chi connectivity index (χ4v) is 4.34. The van der Waals surface area contributed by atoms with E-state index in [1.165, 1.54) is 0 Å². The van der Waals surface area contributed by atoms with Crippen molar-refractivity contribution in [3.8, 4) is 11.5 Å². The van der Waals surface area contributed by atoms with E-state index in [0.717, 1.165) is 45.5 Å². The van der Waals surface area contributed by atoms with Gasteiger partial charge < -0.3 is 14.4 Å². The first-order valence-electron chi connectivity index (χ1n) is 8.21. The molecule has 0 aromatic heterocycles. The maximum atomic E-state index is 13.2. The molecule has 0 atom stereocenters. The molecule has 4 nitrogen and oxygen atoms in total. The molecule has 2 aliphatic rings. The minimum absolute atomic E-state index is 0.0783. The molecule has 2 aromatic rings. The second-order valence-corrected chi connectivity index (χ2v) is 6.75. The number of nitrogens with zero attached hydrogens (tertiary/aromatic N) is 1. The standard InChI is InChI=1S/C20H19NO3S/c1-23-16-8-9-17-18-14(16)12-15(19(22)13-6-4-3-5-7-13)20(25-2)21(18)10-11-24-17/h3-9H,10-12H2,1-2H3. The van der Waals surface area contributed by atoms with Gasteiger partial charge in [0.2, 0.25) is 0 Å². The van der Waals surface area contributed by atoms with E-state index in [1.807, 2.05) is 48.7 Å². The Morgan fingerprint density at radius 2 is 2.00 bits per heavy atom. The molecule has 0 fully saturated rings. The normalized spacial score (nSPS) is 15.5. The zero-order chi connectivity index (χ0) is 17.4. The summed E-state index contributed by atoms with van der Waals surface area (Å²) in [7, 11) is 1.67. The lowest BCUT2D eigenvalue weighted by molar-refractivity contribution is 0.103. The van der Waals surface area contributed by atoms with E-state index in [4.69, 9.17) is 9.47 Å². The van der Waals surface area contributed by atoms with E-state index in [1.54, 1.807) is 18.9 Å². The molecule has 5 heteroatoms. The number of ketones is 1. The smallest absolute Gasteiger partial charge is 0.191 e. The average molecular weight is 353 g/mol. The first kappa shape index (κ1) is 16.1. The zero-order valence-electron chi connectivity index (χ0n) is 14.2. The Hall–Kier alpha value is -2.40. The van der Waals surface area contributed by atoms with E-state index < -0.39 is 0 Å². The monoisotopic (exact) mass is 353 g/mol. The molecular weight excluding hydrogens is 334 g/mol. The van der Waals surface area contributed by atoms with Crippen molar-refractivity contribution in [2.24, 2.45) is 0 Å². The fraction of sp³-hybridized carbons (Fsp3) is 0.250. The summed E-state index contributed by atoms with van der Waals surface area (Å²) in [5, 5.41) is 1.01. The van der Waals surface area contributed by atoms with Gasteiger partial charge in [0.05, 0.1) is 24.4 Å². The van der Waals surface area contributed by atoms with Crippen LogP contribution in [0.4, 0.5) is 5.69 Å². The SMILES string of the molecule is COc1ccc2c3c1CC(C(=O)c1ccccc1)=C(SC)N3CCO2. The van der Waals surface area contributed by atoms with E-state index in [9.17, 15) is 4.79 Å². The van der Waals surface area contributed by atoms with Crippen molar-refractivity contribution >= 4 is 23.2 Å². The van der Waals surface area contributed by atoms with Crippen LogP contribution in [0, 0.1) is 0 Å². The number of anilines is 1. The van der Waals surface area contributed by atoms with Crippen LogP contribution in [0.5, 0.6) is 11.5 Å². The molecule has 0 aliphatic carbocycles. The molecule has 0 amide bonds. The Balaban J connectivity index is 1.87. The molecule has 0 bridgehead atoms. The van der Waals surface area contributed by atoms with Gasteiger partial charge in [0.1, 0.15) is 18.1 Å². The molecule has 2 heterocycles.